The Morgan fingerprint density at radius 1 is 0.931 bits per heavy atom. The van der Waals surface area contributed by atoms with Gasteiger partial charge in [-0.1, -0.05) is 48.4 Å². The van der Waals surface area contributed by atoms with Crippen molar-refractivity contribution in [2.45, 2.75) is 25.2 Å². The fourth-order valence-corrected chi connectivity index (χ4v) is 4.29. The molecule has 0 heterocycles. The van der Waals surface area contributed by atoms with Crippen molar-refractivity contribution >= 4 is 38.9 Å². The Morgan fingerprint density at radius 3 is 2.17 bits per heavy atom. The van der Waals surface area contributed by atoms with Gasteiger partial charge in [-0.25, -0.2) is 8.42 Å². The van der Waals surface area contributed by atoms with Crippen molar-refractivity contribution in [1.29, 1.82) is 0 Å². The lowest BCUT2D eigenvalue weighted by molar-refractivity contribution is 0.102. The van der Waals surface area contributed by atoms with Crippen LogP contribution in [0.15, 0.2) is 71.6 Å². The van der Waals surface area contributed by atoms with Gasteiger partial charge in [-0.15, -0.1) is 0 Å². The number of sulfonamides is 1. The number of carbonyl (C=O) groups excluding carboxylic acids is 1. The van der Waals surface area contributed by atoms with Gasteiger partial charge < -0.3 is 5.32 Å². The molecule has 5 nitrogen and oxygen atoms in total. The summed E-state index contributed by atoms with van der Waals surface area (Å²) >= 11 is 6.12. The van der Waals surface area contributed by atoms with E-state index in [4.69, 9.17) is 11.6 Å². The molecule has 0 aliphatic rings. The predicted octanol–water partition coefficient (Wildman–Crippen LogP) is 5.26. The molecule has 0 radical (unpaired) electrons. The summed E-state index contributed by atoms with van der Waals surface area (Å²) in [6.07, 6.45) is 0.903. The van der Waals surface area contributed by atoms with Gasteiger partial charge in [-0.2, -0.15) is 0 Å². The molecule has 0 bridgehead atoms. The van der Waals surface area contributed by atoms with Crippen molar-refractivity contribution in [1.82, 2.24) is 0 Å². The van der Waals surface area contributed by atoms with Gasteiger partial charge in [0.25, 0.3) is 15.9 Å². The Kier molecular flexibility index (Phi) is 6.25. The van der Waals surface area contributed by atoms with Crippen LogP contribution >= 0.6 is 11.6 Å². The monoisotopic (exact) mass is 428 g/mol. The third kappa shape index (κ3) is 5.16. The molecular weight excluding hydrogens is 408 g/mol. The van der Waals surface area contributed by atoms with E-state index < -0.39 is 15.9 Å². The number of hydrogen-bond acceptors (Lipinski definition) is 3. The Morgan fingerprint density at radius 2 is 1.55 bits per heavy atom. The summed E-state index contributed by atoms with van der Waals surface area (Å²) in [5.74, 6) is -0.419. The molecule has 29 heavy (non-hydrogen) atoms. The molecule has 2 N–H and O–H groups in total. The summed E-state index contributed by atoms with van der Waals surface area (Å²) < 4.78 is 28.1. The molecule has 0 aromatic heterocycles. The zero-order valence-electron chi connectivity index (χ0n) is 16.1. The lowest BCUT2D eigenvalue weighted by atomic mass is 10.1. The van der Waals surface area contributed by atoms with Gasteiger partial charge in [0, 0.05) is 16.9 Å². The third-order valence-electron chi connectivity index (χ3n) is 4.41. The van der Waals surface area contributed by atoms with Crippen molar-refractivity contribution in [3.63, 3.8) is 0 Å². The van der Waals surface area contributed by atoms with Crippen LogP contribution in [0.1, 0.15) is 28.4 Å². The number of halogens is 1. The van der Waals surface area contributed by atoms with Crippen LogP contribution in [0.3, 0.4) is 0 Å². The summed E-state index contributed by atoms with van der Waals surface area (Å²) in [5.41, 5.74) is 3.40. The Bertz CT molecular complexity index is 1130. The Hall–Kier alpha value is -2.83. The normalized spacial score (nSPS) is 11.1. The molecule has 0 unspecified atom stereocenters. The van der Waals surface area contributed by atoms with Crippen molar-refractivity contribution in [3.05, 3.63) is 88.4 Å². The molecule has 0 aliphatic carbocycles. The number of aryl methyl sites for hydroxylation is 2. The molecule has 3 aromatic carbocycles. The average molecular weight is 429 g/mol. The molecule has 0 atom stereocenters. The fourth-order valence-electron chi connectivity index (χ4n) is 2.71. The molecule has 1 amide bonds. The molecule has 0 saturated heterocycles. The lowest BCUT2D eigenvalue weighted by Crippen LogP contribution is -2.16. The van der Waals surface area contributed by atoms with Crippen LogP contribution in [0.25, 0.3) is 0 Å². The summed E-state index contributed by atoms with van der Waals surface area (Å²) in [5, 5.41) is 2.80. The average Bonchev–Trinajstić information content (AvgIpc) is 2.70. The van der Waals surface area contributed by atoms with Gasteiger partial charge in [-0.3, -0.25) is 9.52 Å². The van der Waals surface area contributed by atoms with Crippen LogP contribution in [-0.4, -0.2) is 14.3 Å². The fraction of sp³-hybridized carbons (Fsp3) is 0.136. The molecule has 0 fully saturated rings. The van der Waals surface area contributed by atoms with E-state index >= 15 is 0 Å². The van der Waals surface area contributed by atoms with E-state index in [1.807, 2.05) is 38.1 Å². The number of anilines is 2. The number of amides is 1. The molecule has 150 valence electrons. The quantitative estimate of drug-likeness (QED) is 0.562. The van der Waals surface area contributed by atoms with Crippen molar-refractivity contribution < 1.29 is 13.2 Å². The first-order valence-electron chi connectivity index (χ1n) is 9.08. The number of nitrogens with one attached hydrogen (secondary N) is 2. The molecule has 7 heteroatoms. The van der Waals surface area contributed by atoms with E-state index in [9.17, 15) is 13.2 Å². The molecule has 3 rings (SSSR count). The topological polar surface area (TPSA) is 75.3 Å². The maximum Gasteiger partial charge on any atom is 0.263 e. The van der Waals surface area contributed by atoms with E-state index in [0.717, 1.165) is 17.5 Å². The first kappa shape index (κ1) is 20.9. The SMILES string of the molecule is CCc1ccc(NC(=O)c2ccc(Cl)c(S(=O)(=O)Nc3ccc(C)cc3)c2)cc1. The van der Waals surface area contributed by atoms with Gasteiger partial charge >= 0.3 is 0 Å². The van der Waals surface area contributed by atoms with Crippen molar-refractivity contribution in [3.8, 4) is 0 Å². The van der Waals surface area contributed by atoms with Crippen LogP contribution in [0.4, 0.5) is 11.4 Å². The lowest BCUT2D eigenvalue weighted by Gasteiger charge is -2.12. The Balaban J connectivity index is 1.84. The highest BCUT2D eigenvalue weighted by atomic mass is 35.5. The number of benzene rings is 3. The first-order chi connectivity index (χ1) is 13.8. The van der Waals surface area contributed by atoms with Crippen LogP contribution in [0.5, 0.6) is 0 Å². The smallest absolute Gasteiger partial charge is 0.263 e. The van der Waals surface area contributed by atoms with E-state index in [1.54, 1.807) is 24.3 Å². The second kappa shape index (κ2) is 8.68. The zero-order valence-corrected chi connectivity index (χ0v) is 17.6. The maximum absolute atomic E-state index is 12.8. The van der Waals surface area contributed by atoms with Gasteiger partial charge in [0.05, 0.1) is 5.02 Å². The highest BCUT2D eigenvalue weighted by Gasteiger charge is 2.20. The minimum absolute atomic E-state index is 0.0356. The molecule has 0 saturated carbocycles. The minimum Gasteiger partial charge on any atom is -0.322 e. The highest BCUT2D eigenvalue weighted by molar-refractivity contribution is 7.92. The number of hydrogen-bond donors (Lipinski definition) is 2. The first-order valence-corrected chi connectivity index (χ1v) is 10.9. The van der Waals surface area contributed by atoms with Gasteiger partial charge in [-0.05, 0) is 61.4 Å². The summed E-state index contributed by atoms with van der Waals surface area (Å²) in [6, 6.07) is 18.6. The van der Waals surface area contributed by atoms with E-state index in [0.29, 0.717) is 11.4 Å². The van der Waals surface area contributed by atoms with Gasteiger partial charge in [0.2, 0.25) is 0 Å². The minimum atomic E-state index is -3.96. The molecular formula is C22H21ClN2O3S. The predicted molar refractivity (Wildman–Crippen MR) is 117 cm³/mol. The van der Waals surface area contributed by atoms with E-state index in [-0.39, 0.29) is 15.5 Å². The largest absolute Gasteiger partial charge is 0.322 e. The number of carbonyl (C=O) groups is 1. The van der Waals surface area contributed by atoms with Gasteiger partial charge in [0.15, 0.2) is 0 Å². The Labute approximate surface area is 175 Å². The van der Waals surface area contributed by atoms with Crippen LogP contribution in [0, 0.1) is 6.92 Å². The number of rotatable bonds is 6. The van der Waals surface area contributed by atoms with Crippen molar-refractivity contribution in [2.75, 3.05) is 10.0 Å². The third-order valence-corrected chi connectivity index (χ3v) is 6.27. The summed E-state index contributed by atoms with van der Waals surface area (Å²) in [6.45, 7) is 3.96. The van der Waals surface area contributed by atoms with Crippen molar-refractivity contribution in [2.24, 2.45) is 0 Å². The van der Waals surface area contributed by atoms with E-state index in [2.05, 4.69) is 10.0 Å². The van der Waals surface area contributed by atoms with Crippen LogP contribution in [-0.2, 0) is 16.4 Å². The molecule has 3 aromatic rings. The van der Waals surface area contributed by atoms with Gasteiger partial charge in [0.1, 0.15) is 4.90 Å². The molecule has 0 spiro atoms. The second-order valence-electron chi connectivity index (χ2n) is 6.62. The highest BCUT2D eigenvalue weighted by Crippen LogP contribution is 2.26. The van der Waals surface area contributed by atoms with Crippen LogP contribution in [0.2, 0.25) is 5.02 Å². The molecule has 0 aliphatic heterocycles. The second-order valence-corrected chi connectivity index (χ2v) is 8.68. The maximum atomic E-state index is 12.8. The van der Waals surface area contributed by atoms with E-state index in [1.165, 1.54) is 18.2 Å². The zero-order chi connectivity index (χ0) is 21.0. The summed E-state index contributed by atoms with van der Waals surface area (Å²) in [4.78, 5) is 12.4. The standard InChI is InChI=1S/C22H21ClN2O3S/c1-3-16-6-11-18(12-7-16)24-22(26)17-8-13-20(23)21(14-17)29(27,28)25-19-9-4-15(2)5-10-19/h4-14,25H,3H2,1-2H3,(H,24,26). The van der Waals surface area contributed by atoms with Crippen LogP contribution < -0.4 is 10.0 Å². The summed E-state index contributed by atoms with van der Waals surface area (Å²) in [7, 11) is -3.96.